The van der Waals surface area contributed by atoms with Crippen molar-refractivity contribution in [2.45, 2.75) is 83.3 Å². The van der Waals surface area contributed by atoms with E-state index < -0.39 is 12.2 Å². The van der Waals surface area contributed by atoms with E-state index in [0.29, 0.717) is 41.7 Å². The molecule has 2 atom stereocenters. The lowest BCUT2D eigenvalue weighted by Gasteiger charge is -2.23. The van der Waals surface area contributed by atoms with Gasteiger partial charge >= 0.3 is 5.97 Å². The molecule has 31 heavy (non-hydrogen) atoms. The van der Waals surface area contributed by atoms with Crippen LogP contribution in [0.1, 0.15) is 80.5 Å². The van der Waals surface area contributed by atoms with E-state index in [1.165, 1.54) is 10.4 Å². The minimum Gasteiger partial charge on any atom is -0.478 e. The molecule has 0 radical (unpaired) electrons. The number of anilines is 1. The second kappa shape index (κ2) is 8.39. The third-order valence-corrected chi connectivity index (χ3v) is 8.09. The van der Waals surface area contributed by atoms with Crippen LogP contribution in [0.3, 0.4) is 0 Å². The summed E-state index contributed by atoms with van der Waals surface area (Å²) in [4.78, 5) is 17.7. The summed E-state index contributed by atoms with van der Waals surface area (Å²) in [5, 5.41) is 28.8. The second-order valence-corrected chi connectivity index (χ2v) is 10.1. The Morgan fingerprint density at radius 2 is 2.06 bits per heavy atom. The average molecular weight is 444 g/mol. The molecule has 7 nitrogen and oxygen atoms in total. The van der Waals surface area contributed by atoms with Gasteiger partial charge in [0.05, 0.1) is 5.56 Å². The number of nitrogens with one attached hydrogen (secondary N) is 1. The molecule has 0 bridgehead atoms. The monoisotopic (exact) mass is 443 g/mol. The van der Waals surface area contributed by atoms with Crippen molar-refractivity contribution in [1.29, 1.82) is 0 Å². The molecule has 1 fully saturated rings. The van der Waals surface area contributed by atoms with E-state index in [9.17, 15) is 15.0 Å². The van der Waals surface area contributed by atoms with Crippen molar-refractivity contribution in [2.24, 2.45) is 5.92 Å². The Labute approximate surface area is 185 Å². The summed E-state index contributed by atoms with van der Waals surface area (Å²) in [6, 6.07) is 0. The Kier molecular flexibility index (Phi) is 5.60. The second-order valence-electron chi connectivity index (χ2n) is 9.02. The van der Waals surface area contributed by atoms with Gasteiger partial charge in [-0.2, -0.15) is 4.98 Å². The number of aliphatic hydroxyl groups is 1. The topological polar surface area (TPSA) is 108 Å². The Morgan fingerprint density at radius 3 is 2.81 bits per heavy atom. The first-order chi connectivity index (χ1) is 15.0. The number of carboxylic acids is 1. The van der Waals surface area contributed by atoms with E-state index in [4.69, 9.17) is 4.52 Å². The van der Waals surface area contributed by atoms with Crippen molar-refractivity contribution >= 4 is 22.3 Å². The number of aliphatic carboxylic acids is 1. The molecule has 2 aromatic rings. The van der Waals surface area contributed by atoms with Crippen molar-refractivity contribution in [2.75, 3.05) is 5.32 Å². The molecule has 0 spiro atoms. The number of thiophene rings is 1. The van der Waals surface area contributed by atoms with Gasteiger partial charge in [-0.1, -0.05) is 18.5 Å². The van der Waals surface area contributed by atoms with E-state index in [-0.39, 0.29) is 0 Å². The van der Waals surface area contributed by atoms with E-state index >= 15 is 0 Å². The molecule has 2 aromatic heterocycles. The fourth-order valence-corrected chi connectivity index (χ4v) is 6.24. The molecule has 0 aliphatic heterocycles. The number of hydrogen-bond acceptors (Lipinski definition) is 7. The smallest absolute Gasteiger partial charge is 0.331 e. The number of aromatic nitrogens is 2. The summed E-state index contributed by atoms with van der Waals surface area (Å²) in [6.45, 7) is 2.23. The molecule has 0 aromatic carbocycles. The van der Waals surface area contributed by atoms with Crippen molar-refractivity contribution in [3.63, 3.8) is 0 Å². The highest BCUT2D eigenvalue weighted by Crippen LogP contribution is 2.47. The van der Waals surface area contributed by atoms with Crippen molar-refractivity contribution < 1.29 is 19.5 Å². The maximum atomic E-state index is 11.7. The zero-order valence-corrected chi connectivity index (χ0v) is 18.6. The van der Waals surface area contributed by atoms with Crippen molar-refractivity contribution in [3.05, 3.63) is 27.4 Å². The van der Waals surface area contributed by atoms with Crippen LogP contribution in [-0.4, -0.2) is 32.6 Å². The summed E-state index contributed by atoms with van der Waals surface area (Å²) >= 11 is 1.64. The largest absolute Gasteiger partial charge is 0.478 e. The van der Waals surface area contributed by atoms with Gasteiger partial charge in [-0.3, -0.25) is 0 Å². The van der Waals surface area contributed by atoms with Gasteiger partial charge in [-0.25, -0.2) is 4.79 Å². The maximum Gasteiger partial charge on any atom is 0.331 e. The summed E-state index contributed by atoms with van der Waals surface area (Å²) in [5.74, 6) is 1.43. The summed E-state index contributed by atoms with van der Waals surface area (Å²) in [6.07, 6.45) is 8.29. The van der Waals surface area contributed by atoms with Crippen LogP contribution in [0.15, 0.2) is 15.7 Å². The fraction of sp³-hybridized carbons (Fsp3) is 0.609. The van der Waals surface area contributed by atoms with Gasteiger partial charge in [-0.05, 0) is 74.8 Å². The quantitative estimate of drug-likeness (QED) is 0.524. The summed E-state index contributed by atoms with van der Waals surface area (Å²) in [5.41, 5.74) is 3.08. The predicted octanol–water partition coefficient (Wildman–Crippen LogP) is 4.88. The van der Waals surface area contributed by atoms with Crippen LogP contribution in [0, 0.1) is 5.92 Å². The van der Waals surface area contributed by atoms with Crippen LogP contribution in [0.2, 0.25) is 0 Å². The minimum atomic E-state index is -1.03. The van der Waals surface area contributed by atoms with E-state index in [1.807, 2.05) is 0 Å². The third kappa shape index (κ3) is 4.03. The molecule has 5 rings (SSSR count). The van der Waals surface area contributed by atoms with Gasteiger partial charge in [-0.15, -0.1) is 11.3 Å². The van der Waals surface area contributed by atoms with Gasteiger partial charge in [0.2, 0.25) is 0 Å². The Hall–Kier alpha value is -2.19. The molecule has 2 unspecified atom stereocenters. The standard InChI is InChI=1S/C23H29N3O4S/c1-2-12-7-10-16-17(11-12)31-22(18(16)21-24-19(26-30-21)13-8-9-13)25-20(27)14-5-3-4-6-15(14)23(28)29/h12-13,20,25,27H,2-11H2,1H3,(H,28,29). The average Bonchev–Trinajstić information content (AvgIpc) is 3.41. The number of nitrogens with zero attached hydrogens (tertiary/aromatic N) is 2. The lowest BCUT2D eigenvalue weighted by molar-refractivity contribution is -0.133. The fourth-order valence-electron chi connectivity index (χ4n) is 4.86. The molecule has 8 heteroatoms. The molecule has 0 amide bonds. The van der Waals surface area contributed by atoms with Crippen LogP contribution in [0.25, 0.3) is 11.5 Å². The Morgan fingerprint density at radius 1 is 1.26 bits per heavy atom. The molecule has 1 saturated carbocycles. The van der Waals surface area contributed by atoms with Crippen LogP contribution < -0.4 is 5.32 Å². The van der Waals surface area contributed by atoms with Crippen LogP contribution >= 0.6 is 11.3 Å². The molecular formula is C23H29N3O4S. The molecule has 166 valence electrons. The van der Waals surface area contributed by atoms with E-state index in [0.717, 1.165) is 67.8 Å². The highest BCUT2D eigenvalue weighted by molar-refractivity contribution is 7.17. The normalized spacial score (nSPS) is 22.3. The van der Waals surface area contributed by atoms with Gasteiger partial charge in [0, 0.05) is 16.4 Å². The van der Waals surface area contributed by atoms with Crippen molar-refractivity contribution in [1.82, 2.24) is 10.1 Å². The molecule has 2 heterocycles. The first-order valence-corrected chi connectivity index (χ1v) is 12.2. The molecular weight excluding hydrogens is 414 g/mol. The predicted molar refractivity (Wildman–Crippen MR) is 118 cm³/mol. The zero-order valence-electron chi connectivity index (χ0n) is 17.8. The van der Waals surface area contributed by atoms with Crippen LogP contribution in [0.4, 0.5) is 5.00 Å². The first-order valence-electron chi connectivity index (χ1n) is 11.4. The lowest BCUT2D eigenvalue weighted by atomic mass is 9.85. The number of rotatable bonds is 7. The number of hydrogen-bond donors (Lipinski definition) is 3. The highest BCUT2D eigenvalue weighted by atomic mass is 32.1. The number of carboxylic acid groups (broad SMARTS) is 1. The van der Waals surface area contributed by atoms with Gasteiger partial charge in [0.1, 0.15) is 11.2 Å². The first kappa shape index (κ1) is 20.7. The minimum absolute atomic E-state index is 0.342. The summed E-state index contributed by atoms with van der Waals surface area (Å²) in [7, 11) is 0. The van der Waals surface area contributed by atoms with Crippen molar-refractivity contribution in [3.8, 4) is 11.5 Å². The SMILES string of the molecule is CCC1CCc2c(sc(NC(O)C3=C(C(=O)O)CCCC3)c2-c2nc(C3CC3)no2)C1. The highest BCUT2D eigenvalue weighted by Gasteiger charge is 2.33. The number of fused-ring (bicyclic) bond motifs is 1. The van der Waals surface area contributed by atoms with E-state index in [2.05, 4.69) is 22.4 Å². The number of carbonyl (C=O) groups is 1. The lowest BCUT2D eigenvalue weighted by Crippen LogP contribution is -2.26. The maximum absolute atomic E-state index is 11.7. The van der Waals surface area contributed by atoms with E-state index in [1.54, 1.807) is 11.3 Å². The van der Waals surface area contributed by atoms with Crippen LogP contribution in [0.5, 0.6) is 0 Å². The molecule has 3 N–H and O–H groups in total. The number of aliphatic hydroxyl groups excluding tert-OH is 1. The van der Waals surface area contributed by atoms with Gasteiger partial charge in [0.15, 0.2) is 5.82 Å². The molecule has 3 aliphatic carbocycles. The van der Waals surface area contributed by atoms with Crippen LogP contribution in [-0.2, 0) is 17.6 Å². The Bertz CT molecular complexity index is 1020. The molecule has 3 aliphatic rings. The Balaban J connectivity index is 1.51. The summed E-state index contributed by atoms with van der Waals surface area (Å²) < 4.78 is 5.67. The van der Waals surface area contributed by atoms with Gasteiger partial charge < -0.3 is 20.1 Å². The third-order valence-electron chi connectivity index (χ3n) is 6.91. The van der Waals surface area contributed by atoms with Gasteiger partial charge in [0.25, 0.3) is 5.89 Å². The zero-order chi connectivity index (χ0) is 21.5. The molecule has 0 saturated heterocycles.